The molecule has 1 N–H and O–H groups in total. The fraction of sp³-hybridized carbons (Fsp3) is 0.250. The van der Waals surface area contributed by atoms with Gasteiger partial charge in [0, 0.05) is 32.2 Å². The zero-order chi connectivity index (χ0) is 20.4. The lowest BCUT2D eigenvalue weighted by Gasteiger charge is -2.35. The zero-order valence-electron chi connectivity index (χ0n) is 15.5. The van der Waals surface area contributed by atoms with Crippen molar-refractivity contribution in [2.24, 2.45) is 0 Å². The molecule has 1 saturated heterocycles. The highest BCUT2D eigenvalue weighted by atomic mass is 16.6. The van der Waals surface area contributed by atoms with Gasteiger partial charge in [0.1, 0.15) is 11.5 Å². The summed E-state index contributed by atoms with van der Waals surface area (Å²) >= 11 is 0. The van der Waals surface area contributed by atoms with E-state index in [1.165, 1.54) is 12.1 Å². The van der Waals surface area contributed by atoms with E-state index in [1.54, 1.807) is 18.2 Å². The second-order valence-corrected chi connectivity index (χ2v) is 6.87. The first kappa shape index (κ1) is 18.6. The van der Waals surface area contributed by atoms with Gasteiger partial charge in [0.05, 0.1) is 34.0 Å². The van der Waals surface area contributed by atoms with E-state index in [1.807, 2.05) is 23.1 Å². The maximum Gasteiger partial charge on any atom is 0.292 e. The molecule has 1 aliphatic rings. The Morgan fingerprint density at radius 1 is 1.17 bits per heavy atom. The van der Waals surface area contributed by atoms with E-state index in [9.17, 15) is 14.9 Å². The van der Waals surface area contributed by atoms with E-state index < -0.39 is 4.92 Å². The third kappa shape index (κ3) is 3.79. The Labute approximate surface area is 166 Å². The summed E-state index contributed by atoms with van der Waals surface area (Å²) < 4.78 is 0. The number of nitro benzene ring substituents is 1. The first-order chi connectivity index (χ1) is 14.0. The van der Waals surface area contributed by atoms with E-state index >= 15 is 0 Å². The summed E-state index contributed by atoms with van der Waals surface area (Å²) in [7, 11) is 0. The monoisotopic (exact) mass is 390 g/mol. The number of piperazine rings is 1. The molecule has 0 unspecified atom stereocenters. The molecule has 2 heterocycles. The molecule has 3 aromatic rings. The van der Waals surface area contributed by atoms with Crippen LogP contribution in [0.2, 0.25) is 0 Å². The summed E-state index contributed by atoms with van der Waals surface area (Å²) in [6.45, 7) is 2.96. The molecule has 9 heteroatoms. The van der Waals surface area contributed by atoms with Gasteiger partial charge in [-0.2, -0.15) is 5.26 Å². The number of rotatable bonds is 4. The zero-order valence-corrected chi connectivity index (χ0v) is 15.5. The number of hydrogen-bond donors (Lipinski definition) is 1. The number of fused-ring (bicyclic) bond motifs is 1. The molecular formula is C20H18N6O3. The lowest BCUT2D eigenvalue weighted by molar-refractivity contribution is -0.384. The van der Waals surface area contributed by atoms with Crippen molar-refractivity contribution in [2.75, 3.05) is 31.1 Å². The summed E-state index contributed by atoms with van der Waals surface area (Å²) in [4.78, 5) is 34.6. The molecule has 0 atom stereocenters. The quantitative estimate of drug-likeness (QED) is 0.535. The first-order valence-corrected chi connectivity index (χ1v) is 9.19. The van der Waals surface area contributed by atoms with Gasteiger partial charge >= 0.3 is 0 Å². The van der Waals surface area contributed by atoms with Gasteiger partial charge in [0.15, 0.2) is 0 Å². The van der Waals surface area contributed by atoms with Crippen molar-refractivity contribution < 1.29 is 4.92 Å². The van der Waals surface area contributed by atoms with Crippen molar-refractivity contribution in [3.63, 3.8) is 0 Å². The van der Waals surface area contributed by atoms with Crippen LogP contribution in [0.4, 0.5) is 11.4 Å². The molecule has 0 amide bonds. The molecule has 0 saturated carbocycles. The van der Waals surface area contributed by atoms with Crippen LogP contribution >= 0.6 is 0 Å². The molecule has 1 aromatic heterocycles. The molecule has 1 fully saturated rings. The molecule has 146 valence electrons. The van der Waals surface area contributed by atoms with Crippen molar-refractivity contribution in [3.8, 4) is 6.07 Å². The Bertz CT molecular complexity index is 1170. The number of H-pyrrole nitrogens is 1. The highest BCUT2D eigenvalue weighted by Gasteiger charge is 2.24. The van der Waals surface area contributed by atoms with Crippen LogP contribution in [0, 0.1) is 21.4 Å². The average Bonchev–Trinajstić information content (AvgIpc) is 2.74. The molecule has 0 spiro atoms. The summed E-state index contributed by atoms with van der Waals surface area (Å²) in [6.07, 6.45) is 0. The predicted molar refractivity (Wildman–Crippen MR) is 108 cm³/mol. The highest BCUT2D eigenvalue weighted by Crippen LogP contribution is 2.30. The number of para-hydroxylation sites is 1. The molecule has 29 heavy (non-hydrogen) atoms. The Kier molecular flexibility index (Phi) is 4.93. The van der Waals surface area contributed by atoms with Crippen molar-refractivity contribution in [1.29, 1.82) is 5.26 Å². The summed E-state index contributed by atoms with van der Waals surface area (Å²) in [5.41, 5.74) is 1.36. The normalized spacial score (nSPS) is 14.7. The van der Waals surface area contributed by atoms with E-state index in [2.05, 4.69) is 14.9 Å². The Balaban J connectivity index is 1.49. The molecule has 0 radical (unpaired) electrons. The smallest absolute Gasteiger partial charge is 0.292 e. The number of nitro groups is 1. The van der Waals surface area contributed by atoms with Gasteiger partial charge in [-0.1, -0.05) is 12.1 Å². The van der Waals surface area contributed by atoms with Crippen LogP contribution in [0.1, 0.15) is 11.4 Å². The minimum atomic E-state index is -0.424. The highest BCUT2D eigenvalue weighted by molar-refractivity contribution is 5.77. The topological polar surface area (TPSA) is 119 Å². The lowest BCUT2D eigenvalue weighted by atomic mass is 10.1. The third-order valence-corrected chi connectivity index (χ3v) is 5.05. The molecular weight excluding hydrogens is 372 g/mol. The van der Waals surface area contributed by atoms with Crippen LogP contribution in [-0.2, 0) is 6.54 Å². The number of nitrogens with zero attached hydrogens (tertiary/aromatic N) is 5. The van der Waals surface area contributed by atoms with Crippen molar-refractivity contribution in [3.05, 3.63) is 74.3 Å². The maximum atomic E-state index is 12.2. The van der Waals surface area contributed by atoms with E-state index in [0.29, 0.717) is 60.7 Å². The third-order valence-electron chi connectivity index (χ3n) is 5.05. The summed E-state index contributed by atoms with van der Waals surface area (Å²) in [5.74, 6) is 0.597. The number of nitriles is 1. The first-order valence-electron chi connectivity index (χ1n) is 9.19. The molecule has 4 rings (SSSR count). The van der Waals surface area contributed by atoms with Crippen molar-refractivity contribution >= 4 is 22.3 Å². The average molecular weight is 390 g/mol. The van der Waals surface area contributed by atoms with Gasteiger partial charge in [-0.05, 0) is 24.3 Å². The predicted octanol–water partition coefficient (Wildman–Crippen LogP) is 2.03. The van der Waals surface area contributed by atoms with Gasteiger partial charge in [0.2, 0.25) is 0 Å². The second-order valence-electron chi connectivity index (χ2n) is 6.87. The van der Waals surface area contributed by atoms with E-state index in [0.717, 1.165) is 0 Å². The van der Waals surface area contributed by atoms with E-state index in [-0.39, 0.29) is 11.2 Å². The van der Waals surface area contributed by atoms with Crippen LogP contribution in [-0.4, -0.2) is 46.0 Å². The van der Waals surface area contributed by atoms with E-state index in [4.69, 9.17) is 5.26 Å². The number of anilines is 1. The van der Waals surface area contributed by atoms with Crippen LogP contribution in [0.25, 0.3) is 10.9 Å². The second kappa shape index (κ2) is 7.69. The largest absolute Gasteiger partial charge is 0.363 e. The van der Waals surface area contributed by atoms with Crippen LogP contribution in [0.3, 0.4) is 0 Å². The van der Waals surface area contributed by atoms with Gasteiger partial charge in [0.25, 0.3) is 11.2 Å². The number of nitrogens with one attached hydrogen (secondary N) is 1. The standard InChI is InChI=1S/C20H18N6O3/c21-12-14-5-6-17(26(28)29)18(11-14)25-9-7-24(8-10-25)13-19-22-16-4-2-1-3-15(16)20(27)23-19/h1-6,11H,7-10,13H2,(H,22,23,27). The Morgan fingerprint density at radius 3 is 2.66 bits per heavy atom. The Hall–Kier alpha value is -3.77. The summed E-state index contributed by atoms with van der Waals surface area (Å²) in [5, 5.41) is 21.0. The number of aromatic amines is 1. The fourth-order valence-electron chi connectivity index (χ4n) is 3.57. The minimum Gasteiger partial charge on any atom is -0.363 e. The number of hydrogen-bond acceptors (Lipinski definition) is 7. The molecule has 2 aromatic carbocycles. The van der Waals surface area contributed by atoms with Crippen LogP contribution in [0.15, 0.2) is 47.3 Å². The van der Waals surface area contributed by atoms with Gasteiger partial charge in [-0.15, -0.1) is 0 Å². The van der Waals surface area contributed by atoms with Crippen molar-refractivity contribution in [1.82, 2.24) is 14.9 Å². The van der Waals surface area contributed by atoms with Crippen molar-refractivity contribution in [2.45, 2.75) is 6.54 Å². The van der Waals surface area contributed by atoms with Crippen LogP contribution < -0.4 is 10.5 Å². The lowest BCUT2D eigenvalue weighted by Crippen LogP contribution is -2.46. The molecule has 0 bridgehead atoms. The molecule has 0 aliphatic carbocycles. The maximum absolute atomic E-state index is 12.2. The number of benzene rings is 2. The van der Waals surface area contributed by atoms with Gasteiger partial charge < -0.3 is 9.88 Å². The SMILES string of the molecule is N#Cc1ccc([N+](=O)[O-])c(N2CCN(Cc3nc4ccccc4c(=O)[nH]3)CC2)c1. The van der Waals surface area contributed by atoms with Gasteiger partial charge in [-0.25, -0.2) is 4.98 Å². The summed E-state index contributed by atoms with van der Waals surface area (Å²) in [6, 6.07) is 13.6. The molecule has 9 nitrogen and oxygen atoms in total. The minimum absolute atomic E-state index is 0.00187. The molecule has 1 aliphatic heterocycles. The Morgan fingerprint density at radius 2 is 1.93 bits per heavy atom. The fourth-order valence-corrected chi connectivity index (χ4v) is 3.57. The van der Waals surface area contributed by atoms with Gasteiger partial charge in [-0.3, -0.25) is 19.8 Å². The number of aromatic nitrogens is 2. The van der Waals surface area contributed by atoms with Crippen LogP contribution in [0.5, 0.6) is 0 Å².